The number of hydrogen-bond acceptors (Lipinski definition) is 8. The summed E-state index contributed by atoms with van der Waals surface area (Å²) in [6, 6.07) is 10.7. The Morgan fingerprint density at radius 2 is 1.81 bits per heavy atom. The first-order valence-corrected chi connectivity index (χ1v) is 12.6. The zero-order chi connectivity index (χ0) is 22.9. The maximum atomic E-state index is 12.9. The number of fused-ring (bicyclic) bond motifs is 1. The lowest BCUT2D eigenvalue weighted by atomic mass is 10.2. The van der Waals surface area contributed by atoms with Crippen molar-refractivity contribution >= 4 is 49.7 Å². The summed E-state index contributed by atoms with van der Waals surface area (Å²) in [6.45, 7) is 2.27. The van der Waals surface area contributed by atoms with Gasteiger partial charge in [-0.1, -0.05) is 35.1 Å². The largest absolute Gasteiger partial charge is 0.486 e. The maximum Gasteiger partial charge on any atom is 0.249 e. The molecule has 1 aliphatic rings. The second-order valence-corrected chi connectivity index (χ2v) is 10.2. The first-order chi connectivity index (χ1) is 15.2. The number of nitrogens with zero attached hydrogens (tertiary/aromatic N) is 3. The van der Waals surface area contributed by atoms with E-state index < -0.39 is 22.0 Å². The Balaban J connectivity index is 1.55. The molecule has 168 valence electrons. The van der Waals surface area contributed by atoms with Crippen molar-refractivity contribution in [2.75, 3.05) is 29.1 Å². The Morgan fingerprint density at radius 3 is 2.50 bits per heavy atom. The standard InChI is InChI=1S/C20H19ClN4O5S2/c1-12(18(26)22-20-24-23-19(31-20)13-3-5-14(21)6-4-13)25(32(2,27)28)15-7-8-16-17(11-15)30-10-9-29-16/h3-8,11-12H,9-10H2,1-2H3,(H,22,24,26). The Labute approximate surface area is 194 Å². The summed E-state index contributed by atoms with van der Waals surface area (Å²) in [5.41, 5.74) is 1.09. The summed E-state index contributed by atoms with van der Waals surface area (Å²) in [7, 11) is -3.79. The van der Waals surface area contributed by atoms with E-state index in [-0.39, 0.29) is 5.13 Å². The molecule has 3 aromatic rings. The molecular formula is C20H19ClN4O5S2. The molecule has 9 nitrogen and oxygen atoms in total. The second kappa shape index (κ2) is 8.93. The van der Waals surface area contributed by atoms with Gasteiger partial charge in [0.05, 0.1) is 11.9 Å². The number of anilines is 2. The van der Waals surface area contributed by atoms with Crippen LogP contribution >= 0.6 is 22.9 Å². The Bertz CT molecular complexity index is 1250. The highest BCUT2D eigenvalue weighted by molar-refractivity contribution is 7.92. The van der Waals surface area contributed by atoms with Crippen molar-refractivity contribution in [1.29, 1.82) is 0 Å². The zero-order valence-corrected chi connectivity index (χ0v) is 19.5. The van der Waals surface area contributed by atoms with Gasteiger partial charge >= 0.3 is 0 Å². The minimum Gasteiger partial charge on any atom is -0.486 e. The number of carbonyl (C=O) groups excluding carboxylic acids is 1. The molecule has 0 bridgehead atoms. The van der Waals surface area contributed by atoms with Crippen LogP contribution in [0.2, 0.25) is 5.02 Å². The number of benzene rings is 2. The molecule has 2 aromatic carbocycles. The van der Waals surface area contributed by atoms with E-state index in [4.69, 9.17) is 21.1 Å². The molecule has 1 atom stereocenters. The Hall–Kier alpha value is -2.89. The summed E-state index contributed by atoms with van der Waals surface area (Å²) in [5.74, 6) is 0.394. The van der Waals surface area contributed by atoms with E-state index in [0.717, 1.165) is 16.1 Å². The smallest absolute Gasteiger partial charge is 0.249 e. The molecule has 1 aromatic heterocycles. The van der Waals surface area contributed by atoms with Crippen molar-refractivity contribution in [3.8, 4) is 22.1 Å². The fourth-order valence-electron chi connectivity index (χ4n) is 3.17. The lowest BCUT2D eigenvalue weighted by Gasteiger charge is -2.29. The number of aromatic nitrogens is 2. The van der Waals surface area contributed by atoms with Gasteiger partial charge in [-0.05, 0) is 31.2 Å². The van der Waals surface area contributed by atoms with E-state index in [1.807, 2.05) is 0 Å². The minimum absolute atomic E-state index is 0.252. The highest BCUT2D eigenvalue weighted by Gasteiger charge is 2.31. The summed E-state index contributed by atoms with van der Waals surface area (Å²) in [6.07, 6.45) is 1.04. The topological polar surface area (TPSA) is 111 Å². The van der Waals surface area contributed by atoms with Crippen molar-refractivity contribution in [2.24, 2.45) is 0 Å². The molecule has 0 fully saturated rings. The highest BCUT2D eigenvalue weighted by atomic mass is 35.5. The van der Waals surface area contributed by atoms with Gasteiger partial charge in [-0.3, -0.25) is 14.4 Å². The van der Waals surface area contributed by atoms with Gasteiger partial charge in [0.1, 0.15) is 24.3 Å². The quantitative estimate of drug-likeness (QED) is 0.558. The third-order valence-corrected chi connectivity index (χ3v) is 7.00. The normalized spacial score (nSPS) is 14.0. The molecule has 12 heteroatoms. The Morgan fingerprint density at radius 1 is 1.12 bits per heavy atom. The molecule has 0 saturated carbocycles. The number of carbonyl (C=O) groups is 1. The van der Waals surface area contributed by atoms with Gasteiger partial charge in [0.25, 0.3) is 0 Å². The van der Waals surface area contributed by atoms with Gasteiger partial charge < -0.3 is 9.47 Å². The predicted molar refractivity (Wildman–Crippen MR) is 123 cm³/mol. The molecule has 0 radical (unpaired) electrons. The summed E-state index contributed by atoms with van der Waals surface area (Å²) >= 11 is 7.08. The minimum atomic E-state index is -3.79. The van der Waals surface area contributed by atoms with E-state index in [0.29, 0.717) is 40.4 Å². The number of amides is 1. The lowest BCUT2D eigenvalue weighted by molar-refractivity contribution is -0.116. The molecule has 32 heavy (non-hydrogen) atoms. The van der Waals surface area contributed by atoms with E-state index in [2.05, 4.69) is 15.5 Å². The van der Waals surface area contributed by atoms with E-state index in [9.17, 15) is 13.2 Å². The van der Waals surface area contributed by atoms with Crippen LogP contribution in [-0.2, 0) is 14.8 Å². The van der Waals surface area contributed by atoms with Gasteiger partial charge in [-0.25, -0.2) is 8.42 Å². The van der Waals surface area contributed by atoms with Crippen LogP contribution in [-0.4, -0.2) is 50.0 Å². The molecule has 1 amide bonds. The van der Waals surface area contributed by atoms with Crippen LogP contribution in [0, 0.1) is 0 Å². The van der Waals surface area contributed by atoms with Crippen LogP contribution in [0.4, 0.5) is 10.8 Å². The highest BCUT2D eigenvalue weighted by Crippen LogP contribution is 2.35. The van der Waals surface area contributed by atoms with Crippen LogP contribution in [0.3, 0.4) is 0 Å². The van der Waals surface area contributed by atoms with E-state index in [1.165, 1.54) is 18.3 Å². The van der Waals surface area contributed by atoms with Crippen molar-refractivity contribution < 1.29 is 22.7 Å². The number of ether oxygens (including phenoxy) is 2. The first kappa shape index (κ1) is 22.3. The monoisotopic (exact) mass is 494 g/mol. The number of nitrogens with one attached hydrogen (secondary N) is 1. The van der Waals surface area contributed by atoms with Crippen LogP contribution < -0.4 is 19.1 Å². The molecule has 1 unspecified atom stereocenters. The second-order valence-electron chi connectivity index (χ2n) is 6.97. The van der Waals surface area contributed by atoms with Gasteiger partial charge in [-0.15, -0.1) is 10.2 Å². The third kappa shape index (κ3) is 4.79. The molecule has 0 spiro atoms. The van der Waals surface area contributed by atoms with Crippen LogP contribution in [0.15, 0.2) is 42.5 Å². The van der Waals surface area contributed by atoms with Crippen molar-refractivity contribution in [1.82, 2.24) is 10.2 Å². The Kier molecular flexibility index (Phi) is 6.22. The molecule has 1 aliphatic heterocycles. The van der Waals surface area contributed by atoms with Gasteiger partial charge in [0.15, 0.2) is 11.5 Å². The number of hydrogen-bond donors (Lipinski definition) is 1. The van der Waals surface area contributed by atoms with Crippen LogP contribution in [0.1, 0.15) is 6.92 Å². The van der Waals surface area contributed by atoms with Crippen LogP contribution in [0.5, 0.6) is 11.5 Å². The summed E-state index contributed by atoms with van der Waals surface area (Å²) < 4.78 is 37.2. The van der Waals surface area contributed by atoms with E-state index >= 15 is 0 Å². The predicted octanol–water partition coefficient (Wildman–Crippen LogP) is 3.42. The molecule has 0 saturated heterocycles. The van der Waals surface area contributed by atoms with Crippen LogP contribution in [0.25, 0.3) is 10.6 Å². The number of halogens is 1. The molecular weight excluding hydrogens is 476 g/mol. The maximum absolute atomic E-state index is 12.9. The summed E-state index contributed by atoms with van der Waals surface area (Å²) in [5, 5.41) is 12.2. The zero-order valence-electron chi connectivity index (χ0n) is 17.1. The number of sulfonamides is 1. The van der Waals surface area contributed by atoms with Gasteiger partial charge in [0, 0.05) is 16.7 Å². The fraction of sp³-hybridized carbons (Fsp3) is 0.250. The summed E-state index contributed by atoms with van der Waals surface area (Å²) in [4.78, 5) is 12.9. The number of rotatable bonds is 6. The molecule has 4 rings (SSSR count). The average molecular weight is 495 g/mol. The van der Waals surface area contributed by atoms with Crippen molar-refractivity contribution in [2.45, 2.75) is 13.0 Å². The van der Waals surface area contributed by atoms with Crippen molar-refractivity contribution in [3.05, 3.63) is 47.5 Å². The SMILES string of the molecule is CC(C(=O)Nc1nnc(-c2ccc(Cl)cc2)s1)N(c1ccc2c(c1)OCCO2)S(C)(=O)=O. The van der Waals surface area contributed by atoms with E-state index in [1.54, 1.807) is 42.5 Å². The van der Waals surface area contributed by atoms with Gasteiger partial charge in [0.2, 0.25) is 21.1 Å². The van der Waals surface area contributed by atoms with Gasteiger partial charge in [-0.2, -0.15) is 0 Å². The van der Waals surface area contributed by atoms with Crippen molar-refractivity contribution in [3.63, 3.8) is 0 Å². The lowest BCUT2D eigenvalue weighted by Crippen LogP contribution is -2.45. The first-order valence-electron chi connectivity index (χ1n) is 9.52. The fourth-order valence-corrected chi connectivity index (χ4v) is 5.22. The third-order valence-electron chi connectivity index (χ3n) is 4.62. The average Bonchev–Trinajstić information content (AvgIpc) is 3.21. The molecule has 2 heterocycles. The molecule has 0 aliphatic carbocycles. The molecule has 1 N–H and O–H groups in total.